The van der Waals surface area contributed by atoms with Crippen LogP contribution >= 0.6 is 0 Å². The molecule has 0 aromatic heterocycles. The Balaban J connectivity index is 2.38. The summed E-state index contributed by atoms with van der Waals surface area (Å²) < 4.78 is 0. The minimum Gasteiger partial charge on any atom is -0.393 e. The van der Waals surface area contributed by atoms with Crippen molar-refractivity contribution in [1.29, 1.82) is 5.26 Å². The van der Waals surface area contributed by atoms with E-state index in [9.17, 15) is 5.11 Å². The van der Waals surface area contributed by atoms with Crippen LogP contribution in [0.2, 0.25) is 0 Å². The smallest absolute Gasteiger partial charge is 0.0991 e. The lowest BCUT2D eigenvalue weighted by atomic mass is 9.89. The van der Waals surface area contributed by atoms with Crippen LogP contribution in [0.3, 0.4) is 0 Å². The Hall–Kier alpha value is -1.33. The Labute approximate surface area is 77.4 Å². The van der Waals surface area contributed by atoms with Gasteiger partial charge in [-0.25, -0.2) is 0 Å². The molecule has 66 valence electrons. The molecule has 2 rings (SSSR count). The number of nitrogens with zero attached hydrogens (tertiary/aromatic N) is 1. The van der Waals surface area contributed by atoms with Crippen molar-refractivity contribution in [3.05, 3.63) is 34.9 Å². The number of rotatable bonds is 0. The van der Waals surface area contributed by atoms with Gasteiger partial charge in [-0.3, -0.25) is 0 Å². The molecule has 0 unspecified atom stereocenters. The number of aliphatic hydroxyl groups excluding tert-OH is 1. The van der Waals surface area contributed by atoms with E-state index in [2.05, 4.69) is 6.07 Å². The minimum atomic E-state index is -0.194. The molecule has 0 amide bonds. The highest BCUT2D eigenvalue weighted by atomic mass is 16.3. The first-order valence-electron chi connectivity index (χ1n) is 4.49. The van der Waals surface area contributed by atoms with E-state index >= 15 is 0 Å². The molecule has 1 aromatic carbocycles. The topological polar surface area (TPSA) is 44.0 Å². The van der Waals surface area contributed by atoms with Gasteiger partial charge in [0.15, 0.2) is 0 Å². The van der Waals surface area contributed by atoms with Crippen LogP contribution in [0.4, 0.5) is 0 Å². The number of aryl methyl sites for hydroxylation is 1. The molecule has 1 aliphatic rings. The number of benzene rings is 1. The summed E-state index contributed by atoms with van der Waals surface area (Å²) in [6.07, 6.45) is 2.26. The molecule has 0 bridgehead atoms. The Morgan fingerprint density at radius 3 is 3.00 bits per heavy atom. The van der Waals surface area contributed by atoms with Crippen molar-refractivity contribution in [2.45, 2.75) is 25.4 Å². The Bertz CT molecular complexity index is 365. The summed E-state index contributed by atoms with van der Waals surface area (Å²) in [5.74, 6) is 0. The highest BCUT2D eigenvalue weighted by Crippen LogP contribution is 2.22. The highest BCUT2D eigenvalue weighted by molar-refractivity contribution is 5.39. The Morgan fingerprint density at radius 1 is 1.38 bits per heavy atom. The largest absolute Gasteiger partial charge is 0.393 e. The summed E-state index contributed by atoms with van der Waals surface area (Å²) >= 11 is 0. The molecule has 0 fully saturated rings. The van der Waals surface area contributed by atoms with Gasteiger partial charge in [0.05, 0.1) is 17.7 Å². The third-order valence-electron chi connectivity index (χ3n) is 2.54. The van der Waals surface area contributed by atoms with E-state index in [1.807, 2.05) is 18.2 Å². The van der Waals surface area contributed by atoms with Gasteiger partial charge in [0.25, 0.3) is 0 Å². The van der Waals surface area contributed by atoms with Crippen LogP contribution in [0.1, 0.15) is 23.1 Å². The van der Waals surface area contributed by atoms with Crippen LogP contribution in [0.25, 0.3) is 0 Å². The van der Waals surface area contributed by atoms with Gasteiger partial charge >= 0.3 is 0 Å². The van der Waals surface area contributed by atoms with E-state index in [1.54, 1.807) is 0 Å². The normalized spacial score (nSPS) is 20.5. The quantitative estimate of drug-likeness (QED) is 0.644. The summed E-state index contributed by atoms with van der Waals surface area (Å²) in [6.45, 7) is 0. The standard InChI is InChI=1S/C11H11NO/c12-7-8-1-2-10-6-11(13)4-3-9(10)5-8/h1-2,5,11,13H,3-4,6H2/t11-/m1/s1. The van der Waals surface area contributed by atoms with Gasteiger partial charge in [0, 0.05) is 0 Å². The summed E-state index contributed by atoms with van der Waals surface area (Å²) in [6, 6.07) is 7.83. The number of hydrogen-bond donors (Lipinski definition) is 1. The first kappa shape index (κ1) is 8.28. The molecule has 2 heteroatoms. The maximum atomic E-state index is 9.42. The maximum absolute atomic E-state index is 9.42. The van der Waals surface area contributed by atoms with Crippen molar-refractivity contribution in [2.75, 3.05) is 0 Å². The average molecular weight is 173 g/mol. The van der Waals surface area contributed by atoms with Crippen molar-refractivity contribution in [2.24, 2.45) is 0 Å². The molecule has 0 heterocycles. The minimum absolute atomic E-state index is 0.194. The van der Waals surface area contributed by atoms with E-state index in [0.717, 1.165) is 24.8 Å². The lowest BCUT2D eigenvalue weighted by molar-refractivity contribution is 0.158. The lowest BCUT2D eigenvalue weighted by Crippen LogP contribution is -2.18. The van der Waals surface area contributed by atoms with Crippen molar-refractivity contribution in [3.63, 3.8) is 0 Å². The third kappa shape index (κ3) is 1.56. The molecular formula is C11H11NO. The number of nitriles is 1. The van der Waals surface area contributed by atoms with Gasteiger partial charge in [0.1, 0.15) is 0 Å². The number of hydrogen-bond acceptors (Lipinski definition) is 2. The molecule has 1 aromatic rings. The predicted molar refractivity (Wildman–Crippen MR) is 49.2 cm³/mol. The van der Waals surface area contributed by atoms with Crippen LogP contribution in [-0.4, -0.2) is 11.2 Å². The van der Waals surface area contributed by atoms with E-state index < -0.39 is 0 Å². The summed E-state index contributed by atoms with van der Waals surface area (Å²) in [5.41, 5.74) is 3.14. The molecule has 0 saturated carbocycles. The second-order valence-electron chi connectivity index (χ2n) is 3.49. The Morgan fingerprint density at radius 2 is 2.23 bits per heavy atom. The van der Waals surface area contributed by atoms with Gasteiger partial charge in [-0.1, -0.05) is 6.07 Å². The number of aliphatic hydroxyl groups is 1. The SMILES string of the molecule is N#Cc1ccc2c(c1)CC[C@@H](O)C2. The van der Waals surface area contributed by atoms with Crippen LogP contribution in [0.5, 0.6) is 0 Å². The number of fused-ring (bicyclic) bond motifs is 1. The van der Waals surface area contributed by atoms with E-state index in [4.69, 9.17) is 5.26 Å². The lowest BCUT2D eigenvalue weighted by Gasteiger charge is -2.20. The molecule has 0 saturated heterocycles. The van der Waals surface area contributed by atoms with Gasteiger partial charge in [0.2, 0.25) is 0 Å². The van der Waals surface area contributed by atoms with Crippen LogP contribution in [0.15, 0.2) is 18.2 Å². The van der Waals surface area contributed by atoms with E-state index in [-0.39, 0.29) is 6.10 Å². The first-order chi connectivity index (χ1) is 6.29. The van der Waals surface area contributed by atoms with Gasteiger partial charge in [-0.2, -0.15) is 5.26 Å². The van der Waals surface area contributed by atoms with Crippen molar-refractivity contribution < 1.29 is 5.11 Å². The Kier molecular flexibility index (Phi) is 2.03. The molecule has 2 nitrogen and oxygen atoms in total. The molecular weight excluding hydrogens is 162 g/mol. The van der Waals surface area contributed by atoms with Crippen molar-refractivity contribution in [1.82, 2.24) is 0 Å². The van der Waals surface area contributed by atoms with Gasteiger partial charge in [-0.15, -0.1) is 0 Å². The molecule has 0 radical (unpaired) electrons. The summed E-state index contributed by atoms with van der Waals surface area (Å²) in [4.78, 5) is 0. The average Bonchev–Trinajstić information content (AvgIpc) is 2.17. The fraction of sp³-hybridized carbons (Fsp3) is 0.364. The fourth-order valence-electron chi connectivity index (χ4n) is 1.81. The molecule has 1 aliphatic carbocycles. The second-order valence-corrected chi connectivity index (χ2v) is 3.49. The van der Waals surface area contributed by atoms with Crippen LogP contribution in [0, 0.1) is 11.3 Å². The first-order valence-corrected chi connectivity index (χ1v) is 4.49. The van der Waals surface area contributed by atoms with Gasteiger partial charge in [-0.05, 0) is 42.5 Å². The molecule has 1 atom stereocenters. The monoisotopic (exact) mass is 173 g/mol. The van der Waals surface area contributed by atoms with E-state index in [0.29, 0.717) is 0 Å². The summed E-state index contributed by atoms with van der Waals surface area (Å²) in [5, 5.41) is 18.1. The van der Waals surface area contributed by atoms with Crippen molar-refractivity contribution >= 4 is 0 Å². The third-order valence-corrected chi connectivity index (χ3v) is 2.54. The van der Waals surface area contributed by atoms with Crippen molar-refractivity contribution in [3.8, 4) is 6.07 Å². The molecule has 0 aliphatic heterocycles. The predicted octanol–water partition coefficient (Wildman–Crippen LogP) is 1.41. The maximum Gasteiger partial charge on any atom is 0.0991 e. The zero-order chi connectivity index (χ0) is 9.26. The van der Waals surface area contributed by atoms with E-state index in [1.165, 1.54) is 11.1 Å². The van der Waals surface area contributed by atoms with Crippen LogP contribution < -0.4 is 0 Å². The zero-order valence-corrected chi connectivity index (χ0v) is 7.33. The van der Waals surface area contributed by atoms with Crippen LogP contribution in [-0.2, 0) is 12.8 Å². The summed E-state index contributed by atoms with van der Waals surface area (Å²) in [7, 11) is 0. The molecule has 1 N–H and O–H groups in total. The fourth-order valence-corrected chi connectivity index (χ4v) is 1.81. The zero-order valence-electron chi connectivity index (χ0n) is 7.33. The molecule has 13 heavy (non-hydrogen) atoms. The second kappa shape index (κ2) is 3.20. The van der Waals surface area contributed by atoms with Gasteiger partial charge < -0.3 is 5.11 Å². The molecule has 0 spiro atoms. The highest BCUT2D eigenvalue weighted by Gasteiger charge is 2.15.